The molecule has 1 aromatic rings. The lowest BCUT2D eigenvalue weighted by Gasteiger charge is -2.01. The van der Waals surface area contributed by atoms with E-state index in [0.29, 0.717) is 5.82 Å². The predicted molar refractivity (Wildman–Crippen MR) is 51.4 cm³/mol. The summed E-state index contributed by atoms with van der Waals surface area (Å²) >= 11 is 0. The van der Waals surface area contributed by atoms with E-state index < -0.39 is 11.8 Å². The second-order valence-electron chi connectivity index (χ2n) is 2.72. The van der Waals surface area contributed by atoms with Crippen molar-refractivity contribution in [2.24, 2.45) is 5.73 Å². The number of hydrogen-bond donors (Lipinski definition) is 2. The van der Waals surface area contributed by atoms with Crippen LogP contribution in [0.1, 0.15) is 12.5 Å². The number of nitrogens with zero attached hydrogens (tertiary/aromatic N) is 1. The number of rotatable bonds is 2. The smallest absolute Gasteiger partial charge is 0.314 e. The first-order valence-electron chi connectivity index (χ1n) is 4.19. The molecule has 0 aliphatic rings. The summed E-state index contributed by atoms with van der Waals surface area (Å²) in [6, 6.07) is 3.45. The molecule has 0 aromatic carbocycles. The highest BCUT2D eigenvalue weighted by molar-refractivity contribution is 6.38. The number of amides is 2. The number of pyridine rings is 1. The van der Waals surface area contributed by atoms with Gasteiger partial charge in [-0.1, -0.05) is 13.0 Å². The Balaban J connectivity index is 2.69. The fourth-order valence-corrected chi connectivity index (χ4v) is 0.885. The van der Waals surface area contributed by atoms with E-state index in [2.05, 4.69) is 10.3 Å². The van der Waals surface area contributed by atoms with Gasteiger partial charge in [-0.3, -0.25) is 9.59 Å². The van der Waals surface area contributed by atoms with Crippen LogP contribution < -0.4 is 11.1 Å². The number of nitrogens with one attached hydrogen (secondary N) is 1. The van der Waals surface area contributed by atoms with Gasteiger partial charge in [0.25, 0.3) is 0 Å². The van der Waals surface area contributed by atoms with E-state index in [1.165, 1.54) is 0 Å². The van der Waals surface area contributed by atoms with Crippen molar-refractivity contribution in [1.82, 2.24) is 4.98 Å². The topological polar surface area (TPSA) is 85.1 Å². The van der Waals surface area contributed by atoms with Crippen molar-refractivity contribution in [1.29, 1.82) is 0 Å². The summed E-state index contributed by atoms with van der Waals surface area (Å²) in [5.41, 5.74) is 5.82. The SMILES string of the molecule is CCc1ccc(NC(=O)C(N)=O)nc1. The van der Waals surface area contributed by atoms with E-state index in [0.717, 1.165) is 12.0 Å². The van der Waals surface area contributed by atoms with Gasteiger partial charge in [-0.15, -0.1) is 0 Å². The molecule has 0 aliphatic heterocycles. The Bertz CT molecular complexity index is 346. The van der Waals surface area contributed by atoms with E-state index in [-0.39, 0.29) is 0 Å². The van der Waals surface area contributed by atoms with E-state index >= 15 is 0 Å². The van der Waals surface area contributed by atoms with Crippen LogP contribution in [0.3, 0.4) is 0 Å². The Hall–Kier alpha value is -1.91. The van der Waals surface area contributed by atoms with Crippen molar-refractivity contribution < 1.29 is 9.59 Å². The number of carbonyl (C=O) groups is 2. The van der Waals surface area contributed by atoms with Crippen LogP contribution in [0, 0.1) is 0 Å². The van der Waals surface area contributed by atoms with Gasteiger partial charge in [0.1, 0.15) is 5.82 Å². The highest BCUT2D eigenvalue weighted by Gasteiger charge is 2.08. The number of hydrogen-bond acceptors (Lipinski definition) is 3. The van der Waals surface area contributed by atoms with Crippen LogP contribution in [0.2, 0.25) is 0 Å². The molecule has 3 N–H and O–H groups in total. The molecule has 2 amide bonds. The Morgan fingerprint density at radius 3 is 2.64 bits per heavy atom. The standard InChI is InChI=1S/C9H11N3O2/c1-2-6-3-4-7(11-5-6)12-9(14)8(10)13/h3-5H,2H2,1H3,(H2,10,13)(H,11,12,14). The molecule has 1 aromatic heterocycles. The zero-order valence-corrected chi connectivity index (χ0v) is 7.78. The van der Waals surface area contributed by atoms with Crippen molar-refractivity contribution >= 4 is 17.6 Å². The van der Waals surface area contributed by atoms with Crippen molar-refractivity contribution in [2.45, 2.75) is 13.3 Å². The third-order valence-corrected chi connectivity index (χ3v) is 1.70. The molecule has 0 saturated carbocycles. The Morgan fingerprint density at radius 2 is 2.21 bits per heavy atom. The second kappa shape index (κ2) is 4.36. The van der Waals surface area contributed by atoms with E-state index in [9.17, 15) is 9.59 Å². The van der Waals surface area contributed by atoms with Gasteiger partial charge in [0, 0.05) is 6.20 Å². The zero-order valence-electron chi connectivity index (χ0n) is 7.78. The minimum absolute atomic E-state index is 0.325. The summed E-state index contributed by atoms with van der Waals surface area (Å²) in [4.78, 5) is 25.2. The molecule has 1 heterocycles. The molecule has 0 saturated heterocycles. The average molecular weight is 193 g/mol. The van der Waals surface area contributed by atoms with E-state index in [1.807, 2.05) is 13.0 Å². The van der Waals surface area contributed by atoms with Crippen LogP contribution >= 0.6 is 0 Å². The molecule has 0 aliphatic carbocycles. The van der Waals surface area contributed by atoms with Crippen LogP contribution in [-0.2, 0) is 16.0 Å². The lowest BCUT2D eigenvalue weighted by Crippen LogP contribution is -2.29. The third-order valence-electron chi connectivity index (χ3n) is 1.70. The maximum atomic E-state index is 10.8. The minimum atomic E-state index is -1.02. The molecular formula is C9H11N3O2. The van der Waals surface area contributed by atoms with Gasteiger partial charge < -0.3 is 11.1 Å². The number of aryl methyl sites for hydroxylation is 1. The monoisotopic (exact) mass is 193 g/mol. The van der Waals surface area contributed by atoms with Gasteiger partial charge in [-0.05, 0) is 18.1 Å². The lowest BCUT2D eigenvalue weighted by molar-refractivity contribution is -0.134. The van der Waals surface area contributed by atoms with Crippen LogP contribution in [0.5, 0.6) is 0 Å². The first kappa shape index (κ1) is 10.2. The molecule has 0 fully saturated rings. The largest absolute Gasteiger partial charge is 0.361 e. The number of anilines is 1. The summed E-state index contributed by atoms with van der Waals surface area (Å²) in [6.45, 7) is 2.00. The van der Waals surface area contributed by atoms with Crippen molar-refractivity contribution in [3.63, 3.8) is 0 Å². The summed E-state index contributed by atoms with van der Waals surface area (Å²) in [6.07, 6.45) is 2.51. The minimum Gasteiger partial charge on any atom is -0.361 e. The first-order chi connectivity index (χ1) is 6.63. The average Bonchev–Trinajstić information content (AvgIpc) is 2.19. The van der Waals surface area contributed by atoms with Crippen molar-refractivity contribution in [3.05, 3.63) is 23.9 Å². The van der Waals surface area contributed by atoms with Gasteiger partial charge >= 0.3 is 11.8 Å². The number of primary amides is 1. The Labute approximate surface area is 81.3 Å². The zero-order chi connectivity index (χ0) is 10.6. The van der Waals surface area contributed by atoms with E-state index in [1.54, 1.807) is 12.3 Å². The van der Waals surface area contributed by atoms with Crippen molar-refractivity contribution in [2.75, 3.05) is 5.32 Å². The maximum Gasteiger partial charge on any atom is 0.314 e. The normalized spacial score (nSPS) is 9.50. The van der Waals surface area contributed by atoms with Gasteiger partial charge in [0.15, 0.2) is 0 Å². The molecule has 14 heavy (non-hydrogen) atoms. The van der Waals surface area contributed by atoms with Crippen LogP contribution in [0.15, 0.2) is 18.3 Å². The van der Waals surface area contributed by atoms with Gasteiger partial charge in [-0.25, -0.2) is 4.98 Å². The summed E-state index contributed by atoms with van der Waals surface area (Å²) in [7, 11) is 0. The molecule has 0 radical (unpaired) electrons. The maximum absolute atomic E-state index is 10.8. The summed E-state index contributed by atoms with van der Waals surface area (Å²) in [5, 5.41) is 2.27. The highest BCUT2D eigenvalue weighted by atomic mass is 16.2. The predicted octanol–water partition coefficient (Wildman–Crippen LogP) is 0.0678. The molecule has 5 heteroatoms. The fraction of sp³-hybridized carbons (Fsp3) is 0.222. The molecule has 74 valence electrons. The molecule has 0 atom stereocenters. The molecule has 0 bridgehead atoms. The van der Waals surface area contributed by atoms with E-state index in [4.69, 9.17) is 5.73 Å². The number of nitrogens with two attached hydrogens (primary N) is 1. The van der Waals surface area contributed by atoms with Crippen LogP contribution in [0.25, 0.3) is 0 Å². The molecule has 0 spiro atoms. The number of aromatic nitrogens is 1. The number of carbonyl (C=O) groups excluding carboxylic acids is 2. The highest BCUT2D eigenvalue weighted by Crippen LogP contribution is 2.04. The molecule has 0 unspecified atom stereocenters. The van der Waals surface area contributed by atoms with Crippen molar-refractivity contribution in [3.8, 4) is 0 Å². The Morgan fingerprint density at radius 1 is 1.50 bits per heavy atom. The van der Waals surface area contributed by atoms with Gasteiger partial charge in [-0.2, -0.15) is 0 Å². The van der Waals surface area contributed by atoms with Gasteiger partial charge in [0.2, 0.25) is 0 Å². The molecular weight excluding hydrogens is 182 g/mol. The quantitative estimate of drug-likeness (QED) is 0.651. The lowest BCUT2D eigenvalue weighted by atomic mass is 10.2. The Kier molecular flexibility index (Phi) is 3.17. The summed E-state index contributed by atoms with van der Waals surface area (Å²) in [5.74, 6) is -1.56. The van der Waals surface area contributed by atoms with Crippen LogP contribution in [-0.4, -0.2) is 16.8 Å². The molecule has 5 nitrogen and oxygen atoms in total. The van der Waals surface area contributed by atoms with Crippen LogP contribution in [0.4, 0.5) is 5.82 Å². The fourth-order valence-electron chi connectivity index (χ4n) is 0.885. The third kappa shape index (κ3) is 2.55. The molecule has 1 rings (SSSR count). The first-order valence-corrected chi connectivity index (χ1v) is 4.19. The summed E-state index contributed by atoms with van der Waals surface area (Å²) < 4.78 is 0. The van der Waals surface area contributed by atoms with Gasteiger partial charge in [0.05, 0.1) is 0 Å². The second-order valence-corrected chi connectivity index (χ2v) is 2.72.